The zero-order valence-corrected chi connectivity index (χ0v) is 20.0. The first-order chi connectivity index (χ1) is 16.7. The third-order valence-electron chi connectivity index (χ3n) is 7.38. The van der Waals surface area contributed by atoms with Gasteiger partial charge in [0.05, 0.1) is 11.8 Å². The lowest BCUT2D eigenvalue weighted by molar-refractivity contribution is 0.0186. The van der Waals surface area contributed by atoms with Crippen molar-refractivity contribution in [1.82, 2.24) is 19.5 Å². The van der Waals surface area contributed by atoms with Crippen molar-refractivity contribution >= 4 is 28.7 Å². The minimum absolute atomic E-state index is 0.0544. The van der Waals surface area contributed by atoms with Gasteiger partial charge in [-0.2, -0.15) is 4.98 Å². The summed E-state index contributed by atoms with van der Waals surface area (Å²) in [5.74, 6) is -2.34. The molecule has 3 N–H and O–H groups in total. The van der Waals surface area contributed by atoms with Crippen molar-refractivity contribution in [1.29, 1.82) is 0 Å². The number of rotatable bonds is 6. The smallest absolute Gasteiger partial charge is 0.224 e. The second-order valence-corrected chi connectivity index (χ2v) is 10.4. The number of nitrogens with one attached hydrogen (secondary N) is 2. The topological polar surface area (TPSA) is 87.9 Å². The number of aromatic nitrogens is 4. The lowest BCUT2D eigenvalue weighted by atomic mass is 9.89. The average molecular weight is 489 g/mol. The van der Waals surface area contributed by atoms with E-state index in [0.717, 1.165) is 25.7 Å². The molecule has 1 aromatic carbocycles. The summed E-state index contributed by atoms with van der Waals surface area (Å²) in [4.78, 5) is 13.7. The molecule has 2 heterocycles. The Balaban J connectivity index is 1.54. The quantitative estimate of drug-likeness (QED) is 0.404. The number of aliphatic hydroxyl groups is 1. The maximum Gasteiger partial charge on any atom is 0.224 e. The fourth-order valence-corrected chi connectivity index (χ4v) is 5.43. The summed E-state index contributed by atoms with van der Waals surface area (Å²) in [5.41, 5.74) is -0.300. The van der Waals surface area contributed by atoms with Gasteiger partial charge in [0.15, 0.2) is 17.3 Å². The van der Waals surface area contributed by atoms with Gasteiger partial charge in [0.25, 0.3) is 0 Å². The molecule has 2 aliphatic carbocycles. The molecule has 3 aromatic rings. The molecular formula is C25H31F3N6O. The normalized spacial score (nSPS) is 21.5. The van der Waals surface area contributed by atoms with Gasteiger partial charge in [-0.3, -0.25) is 4.57 Å². The highest BCUT2D eigenvalue weighted by molar-refractivity contribution is 5.76. The van der Waals surface area contributed by atoms with Gasteiger partial charge < -0.3 is 15.7 Å². The first kappa shape index (κ1) is 23.8. The summed E-state index contributed by atoms with van der Waals surface area (Å²) in [6.45, 7) is 3.59. The van der Waals surface area contributed by atoms with Crippen LogP contribution in [0.2, 0.25) is 0 Å². The van der Waals surface area contributed by atoms with Crippen molar-refractivity contribution in [2.45, 2.75) is 82.9 Å². The van der Waals surface area contributed by atoms with Gasteiger partial charge in [0.1, 0.15) is 17.0 Å². The first-order valence-corrected chi connectivity index (χ1v) is 12.3. The molecule has 5 rings (SSSR count). The third kappa shape index (κ3) is 4.94. The van der Waals surface area contributed by atoms with Crippen molar-refractivity contribution in [3.8, 4) is 0 Å². The molecule has 10 heteroatoms. The summed E-state index contributed by atoms with van der Waals surface area (Å²) in [6, 6.07) is 1.47. The maximum absolute atomic E-state index is 14.5. The Morgan fingerprint density at radius 2 is 1.71 bits per heavy atom. The van der Waals surface area contributed by atoms with Crippen LogP contribution >= 0.6 is 0 Å². The molecule has 2 aromatic heterocycles. The first-order valence-electron chi connectivity index (χ1n) is 12.3. The summed E-state index contributed by atoms with van der Waals surface area (Å²) in [7, 11) is 0. The highest BCUT2D eigenvalue weighted by atomic mass is 19.1. The van der Waals surface area contributed by atoms with E-state index in [4.69, 9.17) is 4.98 Å². The summed E-state index contributed by atoms with van der Waals surface area (Å²) >= 11 is 0. The number of halogens is 3. The number of nitrogens with zero attached hydrogens (tertiary/aromatic N) is 4. The van der Waals surface area contributed by atoms with Crippen LogP contribution < -0.4 is 10.6 Å². The Bertz CT molecular complexity index is 1190. The molecular weight excluding hydrogens is 457 g/mol. The molecule has 188 valence electrons. The molecule has 2 unspecified atom stereocenters. The molecule has 0 radical (unpaired) electrons. The van der Waals surface area contributed by atoms with Crippen LogP contribution in [0.1, 0.15) is 71.3 Å². The second-order valence-electron chi connectivity index (χ2n) is 10.4. The van der Waals surface area contributed by atoms with Crippen molar-refractivity contribution in [2.75, 3.05) is 10.6 Å². The van der Waals surface area contributed by atoms with E-state index < -0.39 is 28.7 Å². The fourth-order valence-electron chi connectivity index (χ4n) is 5.43. The number of imidazole rings is 1. The summed E-state index contributed by atoms with van der Waals surface area (Å²) < 4.78 is 44.2. The Morgan fingerprint density at radius 3 is 2.37 bits per heavy atom. The number of hydrogen-bond acceptors (Lipinski definition) is 6. The molecule has 35 heavy (non-hydrogen) atoms. The van der Waals surface area contributed by atoms with Crippen molar-refractivity contribution in [3.63, 3.8) is 0 Å². The van der Waals surface area contributed by atoms with E-state index in [-0.39, 0.29) is 17.9 Å². The molecule has 0 bridgehead atoms. The van der Waals surface area contributed by atoms with Crippen LogP contribution in [0.5, 0.6) is 0 Å². The van der Waals surface area contributed by atoms with Crippen molar-refractivity contribution in [2.24, 2.45) is 5.92 Å². The molecule has 0 spiro atoms. The fraction of sp³-hybridized carbons (Fsp3) is 0.560. The Morgan fingerprint density at radius 1 is 1.00 bits per heavy atom. The maximum atomic E-state index is 14.5. The molecule has 2 fully saturated rings. The van der Waals surface area contributed by atoms with E-state index in [0.29, 0.717) is 41.7 Å². The lowest BCUT2D eigenvalue weighted by Crippen LogP contribution is -2.29. The number of benzene rings is 1. The SMILES string of the molecule is CC(C)(O)C1CCC(n2c(Nc3c(F)cc(F)cc3F)nc3cnc(NC4CCCCC4)nc32)C1. The van der Waals surface area contributed by atoms with Crippen LogP contribution in [0.4, 0.5) is 30.8 Å². The molecule has 2 atom stereocenters. The van der Waals surface area contributed by atoms with Gasteiger partial charge in [0, 0.05) is 24.2 Å². The van der Waals surface area contributed by atoms with Crippen LogP contribution in [0.3, 0.4) is 0 Å². The predicted molar refractivity (Wildman–Crippen MR) is 128 cm³/mol. The minimum atomic E-state index is -1.05. The van der Waals surface area contributed by atoms with E-state index in [1.807, 2.05) is 4.57 Å². The van der Waals surface area contributed by atoms with Gasteiger partial charge >= 0.3 is 0 Å². The van der Waals surface area contributed by atoms with Crippen LogP contribution in [0.15, 0.2) is 18.3 Å². The Labute approximate surface area is 202 Å². The Kier molecular flexibility index (Phi) is 6.33. The van der Waals surface area contributed by atoms with E-state index in [2.05, 4.69) is 20.6 Å². The van der Waals surface area contributed by atoms with Gasteiger partial charge in [-0.1, -0.05) is 19.3 Å². The monoisotopic (exact) mass is 488 g/mol. The van der Waals surface area contributed by atoms with Crippen LogP contribution in [-0.2, 0) is 0 Å². The van der Waals surface area contributed by atoms with E-state index in [1.54, 1.807) is 20.0 Å². The molecule has 2 saturated carbocycles. The van der Waals surface area contributed by atoms with Crippen LogP contribution in [0, 0.1) is 23.4 Å². The van der Waals surface area contributed by atoms with E-state index >= 15 is 0 Å². The van der Waals surface area contributed by atoms with Gasteiger partial charge in [-0.05, 0) is 51.9 Å². The number of anilines is 3. The lowest BCUT2D eigenvalue weighted by Gasteiger charge is -2.26. The molecule has 2 aliphatic rings. The Hall–Kier alpha value is -2.88. The number of hydrogen-bond donors (Lipinski definition) is 3. The van der Waals surface area contributed by atoms with Crippen molar-refractivity contribution in [3.05, 3.63) is 35.8 Å². The standard InChI is InChI=1S/C25H31F3N6O/c1-25(2,35)14-8-9-17(10-14)34-22-20(13-29-23(33-22)30-16-6-4-3-5-7-16)31-24(34)32-21-18(27)11-15(26)12-19(21)28/h11-14,16-17,35H,3-10H2,1-2H3,(H,31,32)(H,29,30,33). The largest absolute Gasteiger partial charge is 0.390 e. The zero-order chi connectivity index (χ0) is 24.7. The molecule has 0 amide bonds. The van der Waals surface area contributed by atoms with Gasteiger partial charge in [-0.25, -0.2) is 23.1 Å². The van der Waals surface area contributed by atoms with Gasteiger partial charge in [0.2, 0.25) is 11.9 Å². The van der Waals surface area contributed by atoms with Crippen LogP contribution in [0.25, 0.3) is 11.2 Å². The molecule has 0 aliphatic heterocycles. The predicted octanol–water partition coefficient (Wildman–Crippen LogP) is 5.84. The van der Waals surface area contributed by atoms with Crippen molar-refractivity contribution < 1.29 is 18.3 Å². The number of fused-ring (bicyclic) bond motifs is 1. The van der Waals surface area contributed by atoms with E-state index in [1.165, 1.54) is 19.3 Å². The van der Waals surface area contributed by atoms with Crippen LogP contribution in [-0.4, -0.2) is 36.3 Å². The highest BCUT2D eigenvalue weighted by Gasteiger charge is 2.37. The minimum Gasteiger partial charge on any atom is -0.390 e. The summed E-state index contributed by atoms with van der Waals surface area (Å²) in [5, 5.41) is 16.7. The third-order valence-corrected chi connectivity index (χ3v) is 7.38. The molecule has 0 saturated heterocycles. The van der Waals surface area contributed by atoms with E-state index in [9.17, 15) is 18.3 Å². The second kappa shape index (κ2) is 9.29. The summed E-state index contributed by atoms with van der Waals surface area (Å²) in [6.07, 6.45) is 9.51. The highest BCUT2D eigenvalue weighted by Crippen LogP contribution is 2.43. The average Bonchev–Trinajstić information content (AvgIpc) is 3.41. The van der Waals surface area contributed by atoms with Gasteiger partial charge in [-0.15, -0.1) is 0 Å². The zero-order valence-electron chi connectivity index (χ0n) is 20.0. The molecule has 7 nitrogen and oxygen atoms in total.